The monoisotopic (exact) mass is 314 g/mol. The van der Waals surface area contributed by atoms with Gasteiger partial charge in [0.1, 0.15) is 0 Å². The molecule has 122 valence electrons. The molecule has 1 aromatic heterocycles. The first-order valence-electron chi connectivity index (χ1n) is 8.07. The first kappa shape index (κ1) is 15.7. The van der Waals surface area contributed by atoms with Crippen molar-refractivity contribution in [3.8, 4) is 0 Å². The number of aromatic nitrogens is 3. The topological polar surface area (TPSA) is 71.2 Å². The third kappa shape index (κ3) is 4.16. The Morgan fingerprint density at radius 1 is 1.35 bits per heavy atom. The fourth-order valence-corrected chi connectivity index (χ4v) is 3.12. The molecule has 2 aromatic rings. The van der Waals surface area contributed by atoms with Crippen molar-refractivity contribution in [1.29, 1.82) is 0 Å². The molecule has 1 fully saturated rings. The normalized spacial score (nSPS) is 19.5. The van der Waals surface area contributed by atoms with Crippen molar-refractivity contribution in [2.24, 2.45) is 5.92 Å². The summed E-state index contributed by atoms with van der Waals surface area (Å²) in [5, 5.41) is 18.0. The maximum Gasteiger partial charge on any atom is 0.225 e. The molecule has 2 heterocycles. The van der Waals surface area contributed by atoms with Gasteiger partial charge in [-0.3, -0.25) is 9.48 Å². The lowest BCUT2D eigenvalue weighted by Crippen LogP contribution is -2.41. The van der Waals surface area contributed by atoms with Crippen LogP contribution in [0.2, 0.25) is 0 Å². The predicted octanol–water partition coefficient (Wildman–Crippen LogP) is 1.64. The molecule has 2 atom stereocenters. The molecule has 1 saturated heterocycles. The molecule has 1 amide bonds. The van der Waals surface area contributed by atoms with E-state index in [2.05, 4.69) is 10.3 Å². The number of aliphatic hydroxyl groups is 1. The number of benzene rings is 1. The maximum absolute atomic E-state index is 12.5. The zero-order valence-corrected chi connectivity index (χ0v) is 13.1. The van der Waals surface area contributed by atoms with Gasteiger partial charge < -0.3 is 10.0 Å². The molecule has 0 bridgehead atoms. The molecule has 2 unspecified atom stereocenters. The number of likely N-dealkylation sites (tertiary alicyclic amines) is 1. The van der Waals surface area contributed by atoms with Crippen molar-refractivity contribution in [3.05, 3.63) is 48.3 Å². The number of piperidine rings is 1. The Kier molecular flexibility index (Phi) is 5.02. The molecule has 3 rings (SSSR count). The van der Waals surface area contributed by atoms with Gasteiger partial charge in [-0.05, 0) is 24.3 Å². The number of amides is 1. The van der Waals surface area contributed by atoms with Gasteiger partial charge in [0, 0.05) is 25.8 Å². The van der Waals surface area contributed by atoms with E-state index in [0.717, 1.165) is 38.0 Å². The molecule has 1 aliphatic rings. The fourth-order valence-electron chi connectivity index (χ4n) is 3.12. The standard InChI is InChI=1S/C17H22N4O2/c22-16(15-6-2-1-3-7-15)11-17(23)20-9-4-5-14(12-20)13-21-10-8-18-19-21/h1-3,6-8,10,14,16,22H,4-5,9,11-13H2. The van der Waals surface area contributed by atoms with Crippen molar-refractivity contribution in [1.82, 2.24) is 19.9 Å². The molecular formula is C17H22N4O2. The molecule has 23 heavy (non-hydrogen) atoms. The minimum atomic E-state index is -0.737. The number of nitrogens with zero attached hydrogens (tertiary/aromatic N) is 4. The lowest BCUT2D eigenvalue weighted by atomic mass is 9.97. The second-order valence-electron chi connectivity index (χ2n) is 6.10. The van der Waals surface area contributed by atoms with Crippen molar-refractivity contribution in [3.63, 3.8) is 0 Å². The van der Waals surface area contributed by atoms with Crippen LogP contribution in [0.3, 0.4) is 0 Å². The highest BCUT2D eigenvalue weighted by Gasteiger charge is 2.25. The summed E-state index contributed by atoms with van der Waals surface area (Å²) in [7, 11) is 0. The summed E-state index contributed by atoms with van der Waals surface area (Å²) in [6.45, 7) is 2.28. The van der Waals surface area contributed by atoms with Gasteiger partial charge in [-0.25, -0.2) is 0 Å². The van der Waals surface area contributed by atoms with Crippen molar-refractivity contribution in [2.75, 3.05) is 13.1 Å². The largest absolute Gasteiger partial charge is 0.388 e. The van der Waals surface area contributed by atoms with E-state index in [1.165, 1.54) is 0 Å². The first-order chi connectivity index (χ1) is 11.2. The van der Waals surface area contributed by atoms with Crippen molar-refractivity contribution in [2.45, 2.75) is 31.9 Å². The third-order valence-corrected chi connectivity index (χ3v) is 4.34. The molecule has 0 radical (unpaired) electrons. The van der Waals surface area contributed by atoms with Gasteiger partial charge in [-0.15, -0.1) is 5.10 Å². The summed E-state index contributed by atoms with van der Waals surface area (Å²) in [6, 6.07) is 9.34. The van der Waals surface area contributed by atoms with E-state index in [1.54, 1.807) is 6.20 Å². The highest BCUT2D eigenvalue weighted by molar-refractivity contribution is 5.77. The average molecular weight is 314 g/mol. The van der Waals surface area contributed by atoms with Crippen LogP contribution in [0.15, 0.2) is 42.7 Å². The van der Waals surface area contributed by atoms with E-state index in [-0.39, 0.29) is 12.3 Å². The zero-order chi connectivity index (χ0) is 16.1. The lowest BCUT2D eigenvalue weighted by molar-refractivity contribution is -0.135. The van der Waals surface area contributed by atoms with E-state index in [4.69, 9.17) is 0 Å². The molecule has 0 spiro atoms. The molecule has 6 heteroatoms. The van der Waals surface area contributed by atoms with E-state index in [9.17, 15) is 9.90 Å². The maximum atomic E-state index is 12.5. The van der Waals surface area contributed by atoms with E-state index in [1.807, 2.05) is 46.1 Å². The van der Waals surface area contributed by atoms with Crippen LogP contribution < -0.4 is 0 Å². The number of rotatable bonds is 5. The van der Waals surface area contributed by atoms with Crippen LogP contribution in [0.1, 0.15) is 30.9 Å². The summed E-state index contributed by atoms with van der Waals surface area (Å²) in [6.07, 6.45) is 5.00. The van der Waals surface area contributed by atoms with Crippen LogP contribution >= 0.6 is 0 Å². The van der Waals surface area contributed by atoms with Gasteiger partial charge in [-0.2, -0.15) is 0 Å². The Bertz CT molecular complexity index is 615. The van der Waals surface area contributed by atoms with Gasteiger partial charge in [0.2, 0.25) is 5.91 Å². The van der Waals surface area contributed by atoms with Crippen LogP contribution in [0.25, 0.3) is 0 Å². The first-order valence-corrected chi connectivity index (χ1v) is 8.07. The minimum Gasteiger partial charge on any atom is -0.388 e. The molecule has 1 N–H and O–H groups in total. The second-order valence-corrected chi connectivity index (χ2v) is 6.10. The Hall–Kier alpha value is -2.21. The predicted molar refractivity (Wildman–Crippen MR) is 85.3 cm³/mol. The van der Waals surface area contributed by atoms with Gasteiger partial charge in [0.15, 0.2) is 0 Å². The van der Waals surface area contributed by atoms with Gasteiger partial charge in [0.25, 0.3) is 0 Å². The van der Waals surface area contributed by atoms with Crippen LogP contribution in [-0.2, 0) is 11.3 Å². The molecule has 0 saturated carbocycles. The zero-order valence-electron chi connectivity index (χ0n) is 13.1. The second kappa shape index (κ2) is 7.37. The highest BCUT2D eigenvalue weighted by atomic mass is 16.3. The number of carbonyl (C=O) groups is 1. The third-order valence-electron chi connectivity index (χ3n) is 4.34. The summed E-state index contributed by atoms with van der Waals surface area (Å²) in [4.78, 5) is 14.3. The fraction of sp³-hybridized carbons (Fsp3) is 0.471. The number of hydrogen-bond donors (Lipinski definition) is 1. The smallest absolute Gasteiger partial charge is 0.225 e. The van der Waals surface area contributed by atoms with Crippen molar-refractivity contribution < 1.29 is 9.90 Å². The molecule has 0 aliphatic carbocycles. The van der Waals surface area contributed by atoms with Crippen LogP contribution in [0, 0.1) is 5.92 Å². The average Bonchev–Trinajstić information content (AvgIpc) is 3.09. The van der Waals surface area contributed by atoms with Crippen LogP contribution in [0.4, 0.5) is 0 Å². The number of aliphatic hydroxyl groups excluding tert-OH is 1. The summed E-state index contributed by atoms with van der Waals surface area (Å²) >= 11 is 0. The summed E-state index contributed by atoms with van der Waals surface area (Å²) in [5.74, 6) is 0.410. The number of carbonyl (C=O) groups excluding carboxylic acids is 1. The Balaban J connectivity index is 1.54. The SMILES string of the molecule is O=C(CC(O)c1ccccc1)N1CCCC(Cn2ccnn2)C1. The number of hydrogen-bond acceptors (Lipinski definition) is 4. The van der Waals surface area contributed by atoms with Crippen molar-refractivity contribution >= 4 is 5.91 Å². The molecule has 6 nitrogen and oxygen atoms in total. The van der Waals surface area contributed by atoms with Gasteiger partial charge in [-0.1, -0.05) is 35.5 Å². The highest BCUT2D eigenvalue weighted by Crippen LogP contribution is 2.22. The van der Waals surface area contributed by atoms with E-state index in [0.29, 0.717) is 5.92 Å². The van der Waals surface area contributed by atoms with Crippen LogP contribution in [0.5, 0.6) is 0 Å². The van der Waals surface area contributed by atoms with E-state index >= 15 is 0 Å². The summed E-state index contributed by atoms with van der Waals surface area (Å²) in [5.41, 5.74) is 0.789. The minimum absolute atomic E-state index is 0.0182. The Labute approximate surface area is 135 Å². The lowest BCUT2D eigenvalue weighted by Gasteiger charge is -2.33. The molecule has 1 aromatic carbocycles. The Morgan fingerprint density at radius 3 is 2.91 bits per heavy atom. The van der Waals surface area contributed by atoms with Crippen LogP contribution in [-0.4, -0.2) is 44.0 Å². The molecule has 1 aliphatic heterocycles. The summed E-state index contributed by atoms with van der Waals surface area (Å²) < 4.78 is 1.82. The molecular weight excluding hydrogens is 292 g/mol. The van der Waals surface area contributed by atoms with Gasteiger partial charge >= 0.3 is 0 Å². The van der Waals surface area contributed by atoms with Gasteiger partial charge in [0.05, 0.1) is 18.7 Å². The Morgan fingerprint density at radius 2 is 2.17 bits per heavy atom. The quantitative estimate of drug-likeness (QED) is 0.911. The van der Waals surface area contributed by atoms with E-state index < -0.39 is 6.10 Å².